The number of benzene rings is 1. The van der Waals surface area contributed by atoms with Gasteiger partial charge in [0, 0.05) is 38.7 Å². The van der Waals surface area contributed by atoms with Crippen molar-refractivity contribution in [3.63, 3.8) is 0 Å². The fourth-order valence-corrected chi connectivity index (χ4v) is 3.31. The van der Waals surface area contributed by atoms with Crippen LogP contribution in [0, 0.1) is 0 Å². The highest BCUT2D eigenvalue weighted by atomic mass is 16.5. The molecule has 1 aliphatic heterocycles. The number of hydrogen-bond acceptors (Lipinski definition) is 9. The molecule has 10 nitrogen and oxygen atoms in total. The van der Waals surface area contributed by atoms with Crippen LogP contribution >= 0.6 is 0 Å². The van der Waals surface area contributed by atoms with E-state index in [0.717, 1.165) is 0 Å². The van der Waals surface area contributed by atoms with Crippen LogP contribution in [0.15, 0.2) is 30.3 Å². The van der Waals surface area contributed by atoms with Gasteiger partial charge < -0.3 is 34.5 Å². The third-order valence-electron chi connectivity index (χ3n) is 5.10. The van der Waals surface area contributed by atoms with Crippen LogP contribution < -0.4 is 10.6 Å². The zero-order valence-electron chi connectivity index (χ0n) is 20.0. The van der Waals surface area contributed by atoms with E-state index in [0.29, 0.717) is 77.8 Å². The van der Waals surface area contributed by atoms with E-state index < -0.39 is 0 Å². The molecule has 1 aromatic rings. The number of ketones is 1. The van der Waals surface area contributed by atoms with E-state index >= 15 is 0 Å². The summed E-state index contributed by atoms with van der Waals surface area (Å²) >= 11 is 0. The van der Waals surface area contributed by atoms with Crippen molar-refractivity contribution in [2.24, 2.45) is 0 Å². The fraction of sp³-hybridized carbons (Fsp3) is 0.625. The third kappa shape index (κ3) is 12.2. The first-order valence-electron chi connectivity index (χ1n) is 11.7. The van der Waals surface area contributed by atoms with Crippen LogP contribution in [0.4, 0.5) is 0 Å². The molecule has 0 aromatic heterocycles. The van der Waals surface area contributed by atoms with Gasteiger partial charge in [-0.2, -0.15) is 0 Å². The van der Waals surface area contributed by atoms with Gasteiger partial charge in [-0.25, -0.2) is 0 Å². The van der Waals surface area contributed by atoms with Crippen molar-refractivity contribution >= 4 is 17.7 Å². The maximum atomic E-state index is 12.3. The van der Waals surface area contributed by atoms with Gasteiger partial charge in [-0.15, -0.1) is 0 Å². The minimum Gasteiger partial charge on any atom is -0.464 e. The summed E-state index contributed by atoms with van der Waals surface area (Å²) < 4.78 is 21.4. The van der Waals surface area contributed by atoms with E-state index in [-0.39, 0.29) is 36.9 Å². The summed E-state index contributed by atoms with van der Waals surface area (Å²) in [7, 11) is 0. The van der Waals surface area contributed by atoms with Crippen LogP contribution in [0.3, 0.4) is 0 Å². The molecule has 0 saturated carbocycles. The Morgan fingerprint density at radius 1 is 1.00 bits per heavy atom. The van der Waals surface area contributed by atoms with Crippen molar-refractivity contribution in [1.29, 1.82) is 0 Å². The molecule has 0 radical (unpaired) electrons. The molecule has 2 rings (SSSR count). The Kier molecular flexibility index (Phi) is 14.0. The van der Waals surface area contributed by atoms with Crippen molar-refractivity contribution in [2.45, 2.75) is 19.4 Å². The molecule has 1 aromatic carbocycles. The molecule has 1 amide bonds. The van der Waals surface area contributed by atoms with Gasteiger partial charge in [-0.05, 0) is 0 Å². The SMILES string of the molecule is CC(=O)OCC1CN(C(=O)CCOCCOCCOCCNCC(=O)c2ccccc2)CCN1. The Balaban J connectivity index is 1.36. The molecule has 0 bridgehead atoms. The van der Waals surface area contributed by atoms with Gasteiger partial charge in [0.1, 0.15) is 6.61 Å². The summed E-state index contributed by atoms with van der Waals surface area (Å²) in [6.45, 7) is 6.94. The molecule has 0 aliphatic carbocycles. The molecular formula is C24H37N3O7. The van der Waals surface area contributed by atoms with Crippen molar-refractivity contribution in [3.8, 4) is 0 Å². The lowest BCUT2D eigenvalue weighted by Gasteiger charge is -2.33. The number of ether oxygens (including phenoxy) is 4. The monoisotopic (exact) mass is 479 g/mol. The van der Waals surface area contributed by atoms with Gasteiger partial charge in [0.2, 0.25) is 5.91 Å². The topological polar surface area (TPSA) is 115 Å². The lowest BCUT2D eigenvalue weighted by atomic mass is 10.1. The smallest absolute Gasteiger partial charge is 0.302 e. The Labute approximate surface area is 201 Å². The standard InChI is InChI=1S/C24H37N3O7/c1-20(28)34-19-22-18-27(10-8-26-22)24(30)7-11-31-13-15-33-16-14-32-12-9-25-17-23(29)21-5-3-2-4-6-21/h2-6,22,25-26H,7-19H2,1H3. The maximum Gasteiger partial charge on any atom is 0.302 e. The average molecular weight is 480 g/mol. The second kappa shape index (κ2) is 17.1. The summed E-state index contributed by atoms with van der Waals surface area (Å²) in [6, 6.07) is 9.14. The number of Topliss-reactive ketones (excluding diaryl/α,β-unsaturated/α-hetero) is 1. The highest BCUT2D eigenvalue weighted by Gasteiger charge is 2.23. The van der Waals surface area contributed by atoms with Crippen molar-refractivity contribution in [3.05, 3.63) is 35.9 Å². The number of amides is 1. The van der Waals surface area contributed by atoms with E-state index in [9.17, 15) is 14.4 Å². The number of esters is 1. The molecule has 1 heterocycles. The number of carbonyl (C=O) groups is 3. The molecular weight excluding hydrogens is 442 g/mol. The first kappa shape index (κ1) is 27.9. The molecule has 0 spiro atoms. The Morgan fingerprint density at radius 2 is 1.68 bits per heavy atom. The number of hydrogen-bond donors (Lipinski definition) is 2. The van der Waals surface area contributed by atoms with Gasteiger partial charge in [-0.1, -0.05) is 30.3 Å². The molecule has 1 atom stereocenters. The molecule has 34 heavy (non-hydrogen) atoms. The highest BCUT2D eigenvalue weighted by molar-refractivity contribution is 5.97. The summed E-state index contributed by atoms with van der Waals surface area (Å²) in [5, 5.41) is 6.30. The molecule has 2 N–H and O–H groups in total. The first-order chi connectivity index (χ1) is 16.6. The minimum atomic E-state index is -0.323. The van der Waals surface area contributed by atoms with Gasteiger partial charge in [0.05, 0.1) is 58.6 Å². The summed E-state index contributed by atoms with van der Waals surface area (Å²) in [6.07, 6.45) is 0.309. The Hall–Kier alpha value is -2.37. The molecule has 1 aliphatic rings. The van der Waals surface area contributed by atoms with Crippen LogP contribution in [0.1, 0.15) is 23.7 Å². The van der Waals surface area contributed by atoms with Crippen LogP contribution in [0.25, 0.3) is 0 Å². The first-order valence-corrected chi connectivity index (χ1v) is 11.7. The van der Waals surface area contributed by atoms with Crippen molar-refractivity contribution in [2.75, 3.05) is 79.0 Å². The molecule has 1 saturated heterocycles. The van der Waals surface area contributed by atoms with Gasteiger partial charge in [0.25, 0.3) is 0 Å². The largest absolute Gasteiger partial charge is 0.464 e. The maximum absolute atomic E-state index is 12.3. The number of rotatable bonds is 17. The molecule has 190 valence electrons. The van der Waals surface area contributed by atoms with Crippen LogP contribution in [-0.4, -0.2) is 108 Å². The van der Waals surface area contributed by atoms with Gasteiger partial charge in [-0.3, -0.25) is 14.4 Å². The Morgan fingerprint density at radius 3 is 2.38 bits per heavy atom. The zero-order valence-corrected chi connectivity index (χ0v) is 20.0. The van der Waals surface area contributed by atoms with E-state index in [4.69, 9.17) is 18.9 Å². The lowest BCUT2D eigenvalue weighted by Crippen LogP contribution is -2.54. The quantitative estimate of drug-likeness (QED) is 0.184. The van der Waals surface area contributed by atoms with E-state index in [1.165, 1.54) is 6.92 Å². The normalized spacial score (nSPS) is 15.8. The van der Waals surface area contributed by atoms with Crippen LogP contribution in [0.2, 0.25) is 0 Å². The van der Waals surface area contributed by atoms with E-state index in [1.807, 2.05) is 18.2 Å². The van der Waals surface area contributed by atoms with E-state index in [1.54, 1.807) is 17.0 Å². The predicted molar refractivity (Wildman–Crippen MR) is 126 cm³/mol. The second-order valence-electron chi connectivity index (χ2n) is 7.85. The lowest BCUT2D eigenvalue weighted by molar-refractivity contribution is -0.142. The Bertz CT molecular complexity index is 733. The third-order valence-corrected chi connectivity index (χ3v) is 5.10. The number of carbonyl (C=O) groups excluding carboxylic acids is 3. The fourth-order valence-electron chi connectivity index (χ4n) is 3.31. The summed E-state index contributed by atoms with van der Waals surface area (Å²) in [5.74, 6) is -0.235. The van der Waals surface area contributed by atoms with Gasteiger partial charge >= 0.3 is 5.97 Å². The van der Waals surface area contributed by atoms with Crippen molar-refractivity contribution in [1.82, 2.24) is 15.5 Å². The van der Waals surface area contributed by atoms with E-state index in [2.05, 4.69) is 10.6 Å². The molecule has 10 heteroatoms. The second-order valence-corrected chi connectivity index (χ2v) is 7.85. The van der Waals surface area contributed by atoms with Crippen molar-refractivity contribution < 1.29 is 33.3 Å². The summed E-state index contributed by atoms with van der Waals surface area (Å²) in [5.41, 5.74) is 0.699. The van der Waals surface area contributed by atoms with Gasteiger partial charge in [0.15, 0.2) is 5.78 Å². The predicted octanol–water partition coefficient (Wildman–Crippen LogP) is 0.262. The minimum absolute atomic E-state index is 0.0303. The zero-order chi connectivity index (χ0) is 24.4. The van der Waals surface area contributed by atoms with Crippen LogP contribution in [0.5, 0.6) is 0 Å². The number of piperazine rings is 1. The summed E-state index contributed by atoms with van der Waals surface area (Å²) in [4.78, 5) is 36.9. The number of nitrogens with one attached hydrogen (secondary N) is 2. The molecule has 1 unspecified atom stereocenters. The molecule has 1 fully saturated rings. The number of nitrogens with zero attached hydrogens (tertiary/aromatic N) is 1. The van der Waals surface area contributed by atoms with Crippen LogP contribution in [-0.2, 0) is 28.5 Å². The highest BCUT2D eigenvalue weighted by Crippen LogP contribution is 2.03. The average Bonchev–Trinajstić information content (AvgIpc) is 2.86.